The number of anilines is 2. The first-order valence-corrected chi connectivity index (χ1v) is 9.20. The highest BCUT2D eigenvalue weighted by molar-refractivity contribution is 5.63. The van der Waals surface area contributed by atoms with Gasteiger partial charge in [0.2, 0.25) is 0 Å². The van der Waals surface area contributed by atoms with Crippen molar-refractivity contribution in [2.75, 3.05) is 11.9 Å². The molecule has 1 saturated carbocycles. The van der Waals surface area contributed by atoms with Crippen molar-refractivity contribution < 1.29 is 17.9 Å². The number of rotatable bonds is 5. The smallest absolute Gasteiger partial charge is 0.421 e. The van der Waals surface area contributed by atoms with Crippen LogP contribution in [0.15, 0.2) is 30.5 Å². The van der Waals surface area contributed by atoms with Gasteiger partial charge in [-0.15, -0.1) is 0 Å². The van der Waals surface area contributed by atoms with Crippen molar-refractivity contribution in [3.8, 4) is 6.01 Å². The van der Waals surface area contributed by atoms with Gasteiger partial charge in [-0.2, -0.15) is 18.2 Å². The van der Waals surface area contributed by atoms with Crippen LogP contribution in [-0.2, 0) is 6.18 Å². The summed E-state index contributed by atoms with van der Waals surface area (Å²) in [6, 6.07) is 7.44. The quantitative estimate of drug-likeness (QED) is 0.667. The van der Waals surface area contributed by atoms with E-state index in [1.807, 2.05) is 32.0 Å². The Kier molecular flexibility index (Phi) is 5.58. The zero-order chi connectivity index (χ0) is 19.6. The van der Waals surface area contributed by atoms with Crippen molar-refractivity contribution in [2.24, 2.45) is 0 Å². The minimum atomic E-state index is -4.55. The minimum Gasteiger partial charge on any atom is -0.460 e. The van der Waals surface area contributed by atoms with Crippen molar-refractivity contribution in [1.29, 1.82) is 0 Å². The third kappa shape index (κ3) is 4.51. The van der Waals surface area contributed by atoms with Gasteiger partial charge in [0.05, 0.1) is 0 Å². The summed E-state index contributed by atoms with van der Waals surface area (Å²) in [5, 5.41) is 0. The first kappa shape index (κ1) is 19.5. The Bertz CT molecular complexity index is 786. The molecule has 0 radical (unpaired) electrons. The fourth-order valence-corrected chi connectivity index (χ4v) is 3.24. The molecule has 3 rings (SSSR count). The van der Waals surface area contributed by atoms with Crippen LogP contribution in [0.25, 0.3) is 0 Å². The first-order chi connectivity index (χ1) is 12.8. The molecule has 0 bridgehead atoms. The molecule has 1 aromatic heterocycles. The standard InChI is InChI=1S/C20H24F3N3O/c1-13(2)14-7-6-8-15(11-14)26(3)18-17(20(21,22)23)12-24-19(25-18)27-16-9-4-5-10-16/h6-8,11-13,16H,4-5,9-10H2,1-3H3. The largest absolute Gasteiger partial charge is 0.460 e. The van der Waals surface area contributed by atoms with E-state index >= 15 is 0 Å². The summed E-state index contributed by atoms with van der Waals surface area (Å²) in [6.45, 7) is 4.08. The summed E-state index contributed by atoms with van der Waals surface area (Å²) < 4.78 is 46.3. The van der Waals surface area contributed by atoms with E-state index in [1.165, 1.54) is 4.90 Å². The molecule has 4 nitrogen and oxygen atoms in total. The van der Waals surface area contributed by atoms with Gasteiger partial charge in [0, 0.05) is 18.9 Å². The van der Waals surface area contributed by atoms with E-state index in [2.05, 4.69) is 9.97 Å². The Labute approximate surface area is 157 Å². The van der Waals surface area contributed by atoms with Crippen molar-refractivity contribution in [2.45, 2.75) is 57.7 Å². The molecule has 0 spiro atoms. The highest BCUT2D eigenvalue weighted by Crippen LogP contribution is 2.38. The lowest BCUT2D eigenvalue weighted by Crippen LogP contribution is -2.21. The number of benzene rings is 1. The predicted octanol–water partition coefficient (Wildman–Crippen LogP) is 5.71. The van der Waals surface area contributed by atoms with Crippen LogP contribution in [-0.4, -0.2) is 23.1 Å². The molecule has 1 aliphatic rings. The van der Waals surface area contributed by atoms with Crippen LogP contribution in [0.1, 0.15) is 56.6 Å². The molecule has 7 heteroatoms. The second-order valence-electron chi connectivity index (χ2n) is 7.22. The highest BCUT2D eigenvalue weighted by atomic mass is 19.4. The molecule has 0 amide bonds. The minimum absolute atomic E-state index is 0.00300. The maximum absolute atomic E-state index is 13.5. The SMILES string of the molecule is CC(C)c1cccc(N(C)c2nc(OC3CCCC3)ncc2C(F)(F)F)c1. The van der Waals surface area contributed by atoms with Crippen molar-refractivity contribution >= 4 is 11.5 Å². The molecule has 1 aliphatic carbocycles. The Morgan fingerprint density at radius 3 is 2.52 bits per heavy atom. The molecule has 2 aromatic rings. The van der Waals surface area contributed by atoms with Gasteiger partial charge in [-0.25, -0.2) is 4.98 Å². The van der Waals surface area contributed by atoms with Crippen molar-refractivity contribution in [1.82, 2.24) is 9.97 Å². The normalized spacial score (nSPS) is 15.4. The Morgan fingerprint density at radius 2 is 1.89 bits per heavy atom. The second kappa shape index (κ2) is 7.74. The third-order valence-electron chi connectivity index (χ3n) is 4.87. The number of alkyl halides is 3. The van der Waals surface area contributed by atoms with Crippen LogP contribution in [0.3, 0.4) is 0 Å². The van der Waals surface area contributed by atoms with Gasteiger partial charge >= 0.3 is 12.2 Å². The van der Waals surface area contributed by atoms with Crippen LogP contribution >= 0.6 is 0 Å². The van der Waals surface area contributed by atoms with Gasteiger partial charge in [0.25, 0.3) is 0 Å². The van der Waals surface area contributed by atoms with Gasteiger partial charge < -0.3 is 9.64 Å². The molecular weight excluding hydrogens is 355 g/mol. The van der Waals surface area contributed by atoms with E-state index in [0.29, 0.717) is 5.69 Å². The summed E-state index contributed by atoms with van der Waals surface area (Å²) in [4.78, 5) is 9.38. The van der Waals surface area contributed by atoms with Crippen molar-refractivity contribution in [3.05, 3.63) is 41.6 Å². The maximum atomic E-state index is 13.5. The lowest BCUT2D eigenvalue weighted by atomic mass is 10.0. The zero-order valence-corrected chi connectivity index (χ0v) is 15.8. The van der Waals surface area contributed by atoms with Crippen LogP contribution in [0, 0.1) is 0 Å². The average molecular weight is 379 g/mol. The monoisotopic (exact) mass is 379 g/mol. The van der Waals surface area contributed by atoms with Crippen LogP contribution in [0.2, 0.25) is 0 Å². The van der Waals surface area contributed by atoms with Gasteiger partial charge in [0.1, 0.15) is 11.7 Å². The number of hydrogen-bond donors (Lipinski definition) is 0. The summed E-state index contributed by atoms with van der Waals surface area (Å²) in [5.74, 6) is 0.0681. The molecule has 1 aromatic carbocycles. The highest BCUT2D eigenvalue weighted by Gasteiger charge is 2.37. The summed E-state index contributed by atoms with van der Waals surface area (Å²) in [6.07, 6.45) is 0.114. The molecular formula is C20H24F3N3O. The molecule has 0 aliphatic heterocycles. The number of aromatic nitrogens is 2. The van der Waals surface area contributed by atoms with E-state index in [-0.39, 0.29) is 23.9 Å². The van der Waals surface area contributed by atoms with Crippen LogP contribution < -0.4 is 9.64 Å². The van der Waals surface area contributed by atoms with Crippen LogP contribution in [0.5, 0.6) is 6.01 Å². The van der Waals surface area contributed by atoms with Crippen LogP contribution in [0.4, 0.5) is 24.7 Å². The lowest BCUT2D eigenvalue weighted by molar-refractivity contribution is -0.137. The molecule has 27 heavy (non-hydrogen) atoms. The number of ether oxygens (including phenoxy) is 1. The Balaban J connectivity index is 1.98. The fraction of sp³-hybridized carbons (Fsp3) is 0.500. The molecule has 0 saturated heterocycles. The molecule has 146 valence electrons. The topological polar surface area (TPSA) is 38.2 Å². The van der Waals surface area contributed by atoms with Crippen molar-refractivity contribution in [3.63, 3.8) is 0 Å². The number of halogens is 3. The first-order valence-electron chi connectivity index (χ1n) is 9.20. The zero-order valence-electron chi connectivity index (χ0n) is 15.8. The fourth-order valence-electron chi connectivity index (χ4n) is 3.24. The molecule has 1 fully saturated rings. The third-order valence-corrected chi connectivity index (χ3v) is 4.87. The van der Waals surface area contributed by atoms with E-state index in [0.717, 1.165) is 37.4 Å². The van der Waals surface area contributed by atoms with Gasteiger partial charge in [-0.1, -0.05) is 26.0 Å². The van der Waals surface area contributed by atoms with E-state index in [4.69, 9.17) is 4.74 Å². The molecule has 0 unspecified atom stereocenters. The van der Waals surface area contributed by atoms with Gasteiger partial charge in [-0.05, 0) is 49.3 Å². The Hall–Kier alpha value is -2.31. The lowest BCUT2D eigenvalue weighted by Gasteiger charge is -2.24. The second-order valence-corrected chi connectivity index (χ2v) is 7.22. The maximum Gasteiger partial charge on any atom is 0.421 e. The summed E-state index contributed by atoms with van der Waals surface area (Å²) in [5.41, 5.74) is 0.806. The molecule has 1 heterocycles. The summed E-state index contributed by atoms with van der Waals surface area (Å²) in [7, 11) is 1.58. The molecule has 0 atom stereocenters. The van der Waals surface area contributed by atoms with Gasteiger partial charge in [0.15, 0.2) is 5.82 Å². The number of nitrogens with zero attached hydrogens (tertiary/aromatic N) is 3. The van der Waals surface area contributed by atoms with E-state index in [1.54, 1.807) is 13.1 Å². The number of hydrogen-bond acceptors (Lipinski definition) is 4. The predicted molar refractivity (Wildman–Crippen MR) is 98.5 cm³/mol. The van der Waals surface area contributed by atoms with Gasteiger partial charge in [-0.3, -0.25) is 0 Å². The molecule has 0 N–H and O–H groups in total. The Morgan fingerprint density at radius 1 is 1.19 bits per heavy atom. The van der Waals surface area contributed by atoms with E-state index < -0.39 is 11.7 Å². The summed E-state index contributed by atoms with van der Waals surface area (Å²) >= 11 is 0. The average Bonchev–Trinajstić information content (AvgIpc) is 3.13. The van der Waals surface area contributed by atoms with E-state index in [9.17, 15) is 13.2 Å².